The first kappa shape index (κ1) is 35.9. The van der Waals surface area contributed by atoms with Crippen molar-refractivity contribution in [2.24, 2.45) is 0 Å². The van der Waals surface area contributed by atoms with Gasteiger partial charge in [0.15, 0.2) is 16.8 Å². The lowest BCUT2D eigenvalue weighted by atomic mass is 10.2. The number of nitrogens with two attached hydrogens (primary N) is 1. The monoisotopic (exact) mass is 684 g/mol. The molecule has 0 amide bonds. The number of anilines is 1. The molecule has 4 N–H and O–H groups in total. The van der Waals surface area contributed by atoms with Crippen LogP contribution in [-0.4, -0.2) is 43.7 Å². The maximum absolute atomic E-state index is 12.2. The number of ether oxygens (including phenoxy) is 2. The number of non-ortho nitro benzene ring substituents is 1. The van der Waals surface area contributed by atoms with Gasteiger partial charge in [0.25, 0.3) is 11.4 Å². The van der Waals surface area contributed by atoms with Gasteiger partial charge >= 0.3 is 18.7 Å². The van der Waals surface area contributed by atoms with Crippen molar-refractivity contribution in [1.82, 2.24) is 4.98 Å². The number of alkyl halides is 6. The van der Waals surface area contributed by atoms with E-state index in [4.69, 9.17) is 20.4 Å². The summed E-state index contributed by atoms with van der Waals surface area (Å²) in [5.74, 6) is -2.59. The van der Waals surface area contributed by atoms with Crippen LogP contribution >= 0.6 is 0 Å². The van der Waals surface area contributed by atoms with Gasteiger partial charge in [-0.1, -0.05) is 24.3 Å². The number of benzene rings is 4. The number of nitro groups is 2. The van der Waals surface area contributed by atoms with Crippen LogP contribution in [0.4, 0.5) is 43.4 Å². The van der Waals surface area contributed by atoms with E-state index in [0.717, 1.165) is 24.3 Å². The lowest BCUT2D eigenvalue weighted by Crippen LogP contribution is -2.17. The second kappa shape index (κ2) is 14.7. The molecule has 0 unspecified atom stereocenters. The molecule has 48 heavy (non-hydrogen) atoms. The van der Waals surface area contributed by atoms with Crippen LogP contribution in [0, 0.1) is 20.2 Å². The van der Waals surface area contributed by atoms with Gasteiger partial charge in [0.2, 0.25) is 5.89 Å². The number of fused-ring (bicyclic) bond motifs is 1. The topological polar surface area (TPSA) is 214 Å². The molecule has 20 heteroatoms. The molecule has 0 fully saturated rings. The maximum atomic E-state index is 12.2. The Morgan fingerprint density at radius 2 is 1.31 bits per heavy atom. The van der Waals surface area contributed by atoms with Gasteiger partial charge in [0, 0.05) is 17.7 Å². The van der Waals surface area contributed by atoms with Gasteiger partial charge in [-0.25, -0.2) is 9.78 Å². The average Bonchev–Trinajstić information content (AvgIpc) is 3.42. The number of phenols is 1. The summed E-state index contributed by atoms with van der Waals surface area (Å²) in [6, 6.07) is 17.2. The number of hydrogen-bond donors (Lipinski definition) is 3. The number of carboxylic acids is 1. The Balaban J connectivity index is 0.000000214. The van der Waals surface area contributed by atoms with E-state index < -0.39 is 40.0 Å². The minimum absolute atomic E-state index is 0.0228. The van der Waals surface area contributed by atoms with Crippen LogP contribution in [0.5, 0.6) is 17.2 Å². The Morgan fingerprint density at radius 3 is 1.85 bits per heavy atom. The summed E-state index contributed by atoms with van der Waals surface area (Å²) in [6.07, 6.45) is -9.63. The molecule has 0 aliphatic rings. The highest BCUT2D eigenvalue weighted by Crippen LogP contribution is 2.33. The van der Waals surface area contributed by atoms with Crippen molar-refractivity contribution in [3.63, 3.8) is 0 Å². The lowest BCUT2D eigenvalue weighted by molar-refractivity contribution is -0.384. The highest BCUT2D eigenvalue weighted by molar-refractivity contribution is 5.88. The molecule has 0 aliphatic heterocycles. The van der Waals surface area contributed by atoms with E-state index >= 15 is 0 Å². The third-order valence-electron chi connectivity index (χ3n) is 5.48. The van der Waals surface area contributed by atoms with E-state index in [0.29, 0.717) is 0 Å². The highest BCUT2D eigenvalue weighted by Gasteiger charge is 2.32. The van der Waals surface area contributed by atoms with Crippen molar-refractivity contribution < 1.29 is 65.1 Å². The fraction of sp³-hybridized carbons (Fsp3) is 0.0714. The van der Waals surface area contributed by atoms with Gasteiger partial charge in [-0.3, -0.25) is 20.2 Å². The summed E-state index contributed by atoms with van der Waals surface area (Å²) in [4.78, 5) is 34.3. The van der Waals surface area contributed by atoms with Crippen molar-refractivity contribution in [2.75, 3.05) is 5.73 Å². The molecule has 0 saturated carbocycles. The van der Waals surface area contributed by atoms with Gasteiger partial charge < -0.3 is 29.8 Å². The molecule has 0 saturated heterocycles. The number of phenolic OH excluding ortho intramolecular Hbond substituents is 1. The van der Waals surface area contributed by atoms with Crippen molar-refractivity contribution in [2.45, 2.75) is 12.7 Å². The van der Waals surface area contributed by atoms with Crippen LogP contribution in [0.15, 0.2) is 89.3 Å². The molecule has 0 bridgehead atoms. The van der Waals surface area contributed by atoms with Crippen LogP contribution < -0.4 is 15.2 Å². The van der Waals surface area contributed by atoms with Crippen molar-refractivity contribution >= 4 is 34.1 Å². The minimum Gasteiger partial charge on any atom is -0.506 e. The number of nitro benzene ring substituents is 2. The van der Waals surface area contributed by atoms with Crippen molar-refractivity contribution in [1.29, 1.82) is 0 Å². The van der Waals surface area contributed by atoms with E-state index in [1.807, 2.05) is 0 Å². The number of para-hydroxylation sites is 2. The summed E-state index contributed by atoms with van der Waals surface area (Å²) in [7, 11) is 0. The second-order valence-corrected chi connectivity index (χ2v) is 8.82. The number of nitrogens with zero attached hydrogens (tertiary/aromatic N) is 3. The molecule has 14 nitrogen and oxygen atoms in total. The zero-order chi connectivity index (χ0) is 35.8. The summed E-state index contributed by atoms with van der Waals surface area (Å²) >= 11 is 0. The maximum Gasteiger partial charge on any atom is 0.573 e. The molecule has 0 aliphatic carbocycles. The summed E-state index contributed by atoms with van der Waals surface area (Å²) in [6.45, 7) is 0. The number of oxazole rings is 1. The van der Waals surface area contributed by atoms with Gasteiger partial charge in [-0.05, 0) is 48.5 Å². The Hall–Kier alpha value is -6.60. The summed E-state index contributed by atoms with van der Waals surface area (Å²) in [5.41, 5.74) is 4.61. The third kappa shape index (κ3) is 10.2. The molecular formula is C28H18F6N4O10. The number of aromatic hydroxyl groups is 1. The number of hydrogen-bond acceptors (Lipinski definition) is 11. The Morgan fingerprint density at radius 1 is 0.792 bits per heavy atom. The van der Waals surface area contributed by atoms with Gasteiger partial charge in [-0.15, -0.1) is 26.3 Å². The quantitative estimate of drug-likeness (QED) is 0.0522. The van der Waals surface area contributed by atoms with E-state index in [1.54, 1.807) is 0 Å². The molecule has 5 rings (SSSR count). The normalized spacial score (nSPS) is 11.0. The zero-order valence-corrected chi connectivity index (χ0v) is 23.4. The van der Waals surface area contributed by atoms with Crippen LogP contribution in [0.25, 0.3) is 22.6 Å². The SMILES string of the molecule is Nc1c(O)cccc1[N+](=O)[O-].O=C(O)c1cccc(OC(F)(F)F)c1.O=[N+]([O-])c1cccc2oc(-c3cccc(OC(F)(F)F)c3)nc12. The first-order valence-corrected chi connectivity index (χ1v) is 12.6. The van der Waals surface area contributed by atoms with E-state index in [9.17, 15) is 51.4 Å². The molecular weight excluding hydrogens is 666 g/mol. The molecule has 0 atom stereocenters. The molecule has 0 spiro atoms. The minimum atomic E-state index is -4.82. The van der Waals surface area contributed by atoms with Gasteiger partial charge in [0.1, 0.15) is 17.2 Å². The lowest BCUT2D eigenvalue weighted by Gasteiger charge is -2.08. The molecule has 252 valence electrons. The van der Waals surface area contributed by atoms with E-state index in [-0.39, 0.29) is 50.9 Å². The molecule has 1 aromatic heterocycles. The number of carbonyl (C=O) groups is 1. The Labute approximate surface area is 262 Å². The predicted octanol–water partition coefficient (Wildman–Crippen LogP) is 7.47. The number of aromatic carboxylic acids is 1. The number of carboxylic acid groups (broad SMARTS) is 1. The average molecular weight is 684 g/mol. The van der Waals surface area contributed by atoms with Crippen LogP contribution in [0.3, 0.4) is 0 Å². The number of halogens is 6. The van der Waals surface area contributed by atoms with E-state index in [1.165, 1.54) is 60.7 Å². The van der Waals surface area contributed by atoms with Gasteiger partial charge in [0.05, 0.1) is 15.4 Å². The largest absolute Gasteiger partial charge is 0.573 e. The van der Waals surface area contributed by atoms with Gasteiger partial charge in [-0.2, -0.15) is 0 Å². The highest BCUT2D eigenvalue weighted by atomic mass is 19.4. The van der Waals surface area contributed by atoms with Crippen LogP contribution in [0.2, 0.25) is 0 Å². The molecule has 1 heterocycles. The Bertz CT molecular complexity index is 1950. The fourth-order valence-corrected chi connectivity index (χ4v) is 3.56. The predicted molar refractivity (Wildman–Crippen MR) is 152 cm³/mol. The standard InChI is InChI=1S/C14H7F3N2O4.C8H5F3O3.C6H6N2O3/c15-14(16,17)23-9-4-1-3-8(7-9)13-18-12-10(19(20)21)5-2-6-11(12)22-13;9-8(10,11)14-6-3-1-2-5(4-6)7(12)13;7-6-4(8(10)11)2-1-3-5(6)9/h1-7H;1-4H,(H,12,13);1-3,9H,7H2. The fourth-order valence-electron chi connectivity index (χ4n) is 3.56. The molecule has 5 aromatic rings. The Kier molecular flexibility index (Phi) is 11.0. The molecule has 0 radical (unpaired) electrons. The summed E-state index contributed by atoms with van der Waals surface area (Å²) in [5, 5.41) is 38.5. The number of aromatic nitrogens is 1. The van der Waals surface area contributed by atoms with E-state index in [2.05, 4.69) is 14.5 Å². The zero-order valence-electron chi connectivity index (χ0n) is 23.4. The number of nitrogen functional groups attached to an aromatic ring is 1. The smallest absolute Gasteiger partial charge is 0.506 e. The second-order valence-electron chi connectivity index (χ2n) is 8.82. The van der Waals surface area contributed by atoms with Crippen molar-refractivity contribution in [3.8, 4) is 28.7 Å². The van der Waals surface area contributed by atoms with Crippen LogP contribution in [-0.2, 0) is 0 Å². The first-order chi connectivity index (χ1) is 22.3. The molecule has 4 aromatic carbocycles. The van der Waals surface area contributed by atoms with Crippen molar-refractivity contribution in [3.05, 3.63) is 111 Å². The number of rotatable bonds is 6. The third-order valence-corrected chi connectivity index (χ3v) is 5.48. The summed E-state index contributed by atoms with van der Waals surface area (Å²) < 4.78 is 84.6. The van der Waals surface area contributed by atoms with Crippen LogP contribution in [0.1, 0.15) is 10.4 Å². The first-order valence-electron chi connectivity index (χ1n) is 12.6.